The fourth-order valence-corrected chi connectivity index (χ4v) is 3.13. The Morgan fingerprint density at radius 1 is 1.43 bits per heavy atom. The molecule has 5 heteroatoms. The zero-order valence-corrected chi connectivity index (χ0v) is 13.9. The molecule has 1 saturated heterocycles. The van der Waals surface area contributed by atoms with E-state index in [-0.39, 0.29) is 11.9 Å². The minimum absolute atomic E-state index is 0.0480. The molecule has 2 atom stereocenters. The molecule has 0 saturated carbocycles. The number of amides is 1. The Balaban J connectivity index is 1.93. The van der Waals surface area contributed by atoms with E-state index < -0.39 is 11.9 Å². The molecule has 0 spiro atoms. The first-order valence-electron chi connectivity index (χ1n) is 7.17. The Morgan fingerprint density at radius 3 is 2.71 bits per heavy atom. The van der Waals surface area contributed by atoms with Gasteiger partial charge in [0.15, 0.2) is 0 Å². The SMILES string of the molecule is Cc1cc(CCC(=O)N2CCC(C(=O)O)C2C)ccc1Br. The van der Waals surface area contributed by atoms with Crippen LogP contribution in [0.3, 0.4) is 0 Å². The van der Waals surface area contributed by atoms with E-state index in [1.165, 1.54) is 0 Å². The number of benzene rings is 1. The van der Waals surface area contributed by atoms with Gasteiger partial charge in [-0.15, -0.1) is 0 Å². The van der Waals surface area contributed by atoms with Gasteiger partial charge in [0.2, 0.25) is 5.91 Å². The molecule has 1 fully saturated rings. The van der Waals surface area contributed by atoms with Crippen LogP contribution in [0.1, 0.15) is 30.9 Å². The highest BCUT2D eigenvalue weighted by Crippen LogP contribution is 2.25. The van der Waals surface area contributed by atoms with Crippen LogP contribution in [0, 0.1) is 12.8 Å². The number of aliphatic carboxylic acids is 1. The maximum atomic E-state index is 12.3. The van der Waals surface area contributed by atoms with Crippen molar-refractivity contribution in [2.24, 2.45) is 5.92 Å². The van der Waals surface area contributed by atoms with Crippen molar-refractivity contribution in [1.82, 2.24) is 4.90 Å². The third kappa shape index (κ3) is 3.64. The minimum atomic E-state index is -0.804. The molecular weight excluding hydrogens is 334 g/mol. The van der Waals surface area contributed by atoms with E-state index in [0.717, 1.165) is 15.6 Å². The predicted octanol–water partition coefficient (Wildman–Crippen LogP) is 3.01. The number of aryl methyl sites for hydroxylation is 2. The van der Waals surface area contributed by atoms with Crippen molar-refractivity contribution in [2.75, 3.05) is 6.54 Å². The molecule has 1 aliphatic heterocycles. The van der Waals surface area contributed by atoms with Crippen molar-refractivity contribution in [3.63, 3.8) is 0 Å². The lowest BCUT2D eigenvalue weighted by atomic mass is 10.0. The summed E-state index contributed by atoms with van der Waals surface area (Å²) in [7, 11) is 0. The van der Waals surface area contributed by atoms with Gasteiger partial charge in [-0.25, -0.2) is 0 Å². The number of carbonyl (C=O) groups excluding carboxylic acids is 1. The monoisotopic (exact) mass is 353 g/mol. The summed E-state index contributed by atoms with van der Waals surface area (Å²) in [6.45, 7) is 4.40. The number of likely N-dealkylation sites (tertiary alicyclic amines) is 1. The van der Waals surface area contributed by atoms with Gasteiger partial charge in [0, 0.05) is 23.5 Å². The Kier molecular flexibility index (Phi) is 5.04. The molecule has 0 radical (unpaired) electrons. The minimum Gasteiger partial charge on any atom is -0.481 e. The number of halogens is 1. The molecule has 4 nitrogen and oxygen atoms in total. The van der Waals surface area contributed by atoms with Crippen molar-refractivity contribution in [3.8, 4) is 0 Å². The first-order valence-corrected chi connectivity index (χ1v) is 7.96. The molecule has 1 amide bonds. The number of hydrogen-bond donors (Lipinski definition) is 1. The summed E-state index contributed by atoms with van der Waals surface area (Å²) in [5, 5.41) is 9.11. The second-order valence-electron chi connectivity index (χ2n) is 5.64. The average Bonchev–Trinajstić information content (AvgIpc) is 2.82. The van der Waals surface area contributed by atoms with E-state index in [2.05, 4.69) is 22.0 Å². The predicted molar refractivity (Wildman–Crippen MR) is 84.1 cm³/mol. The van der Waals surface area contributed by atoms with Crippen LogP contribution < -0.4 is 0 Å². The fraction of sp³-hybridized carbons (Fsp3) is 0.500. The molecule has 1 heterocycles. The lowest BCUT2D eigenvalue weighted by molar-refractivity contribution is -0.143. The maximum Gasteiger partial charge on any atom is 0.308 e. The molecule has 2 rings (SSSR count). The van der Waals surface area contributed by atoms with Crippen LogP contribution in [-0.4, -0.2) is 34.5 Å². The van der Waals surface area contributed by atoms with Crippen LogP contribution >= 0.6 is 15.9 Å². The Bertz CT molecular complexity index is 558. The van der Waals surface area contributed by atoms with E-state index in [4.69, 9.17) is 5.11 Å². The van der Waals surface area contributed by atoms with E-state index in [0.29, 0.717) is 25.8 Å². The second kappa shape index (κ2) is 6.60. The van der Waals surface area contributed by atoms with E-state index in [1.54, 1.807) is 4.90 Å². The topological polar surface area (TPSA) is 57.6 Å². The van der Waals surface area contributed by atoms with Crippen molar-refractivity contribution < 1.29 is 14.7 Å². The van der Waals surface area contributed by atoms with E-state index in [9.17, 15) is 9.59 Å². The van der Waals surface area contributed by atoms with Gasteiger partial charge in [-0.2, -0.15) is 0 Å². The third-order valence-electron chi connectivity index (χ3n) is 4.24. The zero-order valence-electron chi connectivity index (χ0n) is 12.3. The van der Waals surface area contributed by atoms with Gasteiger partial charge in [0.1, 0.15) is 0 Å². The van der Waals surface area contributed by atoms with Gasteiger partial charge in [-0.05, 0) is 43.9 Å². The molecule has 21 heavy (non-hydrogen) atoms. The molecule has 0 aliphatic carbocycles. The van der Waals surface area contributed by atoms with Gasteiger partial charge in [0.25, 0.3) is 0 Å². The summed E-state index contributed by atoms with van der Waals surface area (Å²) in [6.07, 6.45) is 1.67. The number of nitrogens with zero attached hydrogens (tertiary/aromatic N) is 1. The molecule has 1 aromatic rings. The molecule has 1 aliphatic rings. The summed E-state index contributed by atoms with van der Waals surface area (Å²) < 4.78 is 1.06. The standard InChI is InChI=1S/C16H20BrNO3/c1-10-9-12(3-5-14(10)17)4-6-15(19)18-8-7-13(11(18)2)16(20)21/h3,5,9,11,13H,4,6-8H2,1-2H3,(H,20,21). The Morgan fingerprint density at radius 2 is 2.14 bits per heavy atom. The van der Waals surface area contributed by atoms with Crippen LogP contribution in [0.2, 0.25) is 0 Å². The van der Waals surface area contributed by atoms with Gasteiger partial charge >= 0.3 is 5.97 Å². The average molecular weight is 354 g/mol. The summed E-state index contributed by atoms with van der Waals surface area (Å²) in [5.74, 6) is -1.18. The molecule has 1 N–H and O–H groups in total. The van der Waals surface area contributed by atoms with Gasteiger partial charge < -0.3 is 10.0 Å². The normalized spacial score (nSPS) is 21.6. The summed E-state index contributed by atoms with van der Waals surface area (Å²) in [4.78, 5) is 25.1. The van der Waals surface area contributed by atoms with Crippen LogP contribution in [0.4, 0.5) is 0 Å². The van der Waals surface area contributed by atoms with Gasteiger partial charge in [0.05, 0.1) is 5.92 Å². The van der Waals surface area contributed by atoms with Gasteiger partial charge in [-0.3, -0.25) is 9.59 Å². The van der Waals surface area contributed by atoms with Crippen molar-refractivity contribution in [3.05, 3.63) is 33.8 Å². The first kappa shape index (κ1) is 16.0. The molecule has 1 aromatic carbocycles. The highest BCUT2D eigenvalue weighted by atomic mass is 79.9. The smallest absolute Gasteiger partial charge is 0.308 e. The van der Waals surface area contributed by atoms with E-state index >= 15 is 0 Å². The number of carboxylic acids is 1. The van der Waals surface area contributed by atoms with Gasteiger partial charge in [-0.1, -0.05) is 28.1 Å². The lowest BCUT2D eigenvalue weighted by Crippen LogP contribution is -2.37. The van der Waals surface area contributed by atoms with Crippen LogP contribution in [0.25, 0.3) is 0 Å². The Hall–Kier alpha value is -1.36. The fourth-order valence-electron chi connectivity index (χ4n) is 2.88. The number of carbonyl (C=O) groups is 2. The number of hydrogen-bond acceptors (Lipinski definition) is 2. The van der Waals surface area contributed by atoms with Crippen LogP contribution in [-0.2, 0) is 16.0 Å². The lowest BCUT2D eigenvalue weighted by Gasteiger charge is -2.23. The molecule has 2 unspecified atom stereocenters. The van der Waals surface area contributed by atoms with Crippen molar-refractivity contribution in [2.45, 2.75) is 39.2 Å². The highest BCUT2D eigenvalue weighted by molar-refractivity contribution is 9.10. The highest BCUT2D eigenvalue weighted by Gasteiger charge is 2.37. The van der Waals surface area contributed by atoms with Crippen LogP contribution in [0.5, 0.6) is 0 Å². The zero-order chi connectivity index (χ0) is 15.6. The molecule has 114 valence electrons. The molecular formula is C16H20BrNO3. The summed E-state index contributed by atoms with van der Waals surface area (Å²) >= 11 is 3.46. The Labute approximate surface area is 133 Å². The van der Waals surface area contributed by atoms with Crippen molar-refractivity contribution in [1.29, 1.82) is 0 Å². The van der Waals surface area contributed by atoms with E-state index in [1.807, 2.05) is 26.0 Å². The van der Waals surface area contributed by atoms with Crippen molar-refractivity contribution >= 4 is 27.8 Å². The summed E-state index contributed by atoms with van der Waals surface area (Å²) in [6, 6.07) is 5.87. The second-order valence-corrected chi connectivity index (χ2v) is 6.50. The molecule has 0 aromatic heterocycles. The molecule has 0 bridgehead atoms. The maximum absolute atomic E-state index is 12.3. The van der Waals surface area contributed by atoms with Crippen LogP contribution in [0.15, 0.2) is 22.7 Å². The largest absolute Gasteiger partial charge is 0.481 e. The number of rotatable bonds is 4. The first-order chi connectivity index (χ1) is 9.90. The number of carboxylic acid groups (broad SMARTS) is 1. The third-order valence-corrected chi connectivity index (χ3v) is 5.13. The quantitative estimate of drug-likeness (QED) is 0.904. The summed E-state index contributed by atoms with van der Waals surface area (Å²) in [5.41, 5.74) is 2.28.